The first-order valence-corrected chi connectivity index (χ1v) is 42.4. The van der Waals surface area contributed by atoms with Crippen LogP contribution in [0.15, 0.2) is 170 Å². The minimum Gasteiger partial charge on any atom is -0.462 e. The molecule has 0 aliphatic rings. The van der Waals surface area contributed by atoms with Gasteiger partial charge in [0.2, 0.25) is 0 Å². The van der Waals surface area contributed by atoms with Gasteiger partial charge in [-0.2, -0.15) is 0 Å². The molecule has 590 valence electrons. The number of rotatable bonds is 72. The average molecular weight is 1490 g/mol. The fraction of sp³-hybridized carbons (Fsp3) is 0.624. The van der Waals surface area contributed by atoms with E-state index in [-0.39, 0.29) is 25.7 Å². The highest BCUT2D eigenvalue weighted by atomic mass is 31.2. The number of aliphatic hydroxyl groups is 1. The van der Waals surface area contributed by atoms with Crippen LogP contribution in [0.5, 0.6) is 0 Å². The number of phosphoric ester groups is 2. The molecule has 3 N–H and O–H groups in total. The van der Waals surface area contributed by atoms with Crippen LogP contribution in [0.2, 0.25) is 0 Å². The third-order valence-corrected chi connectivity index (χ3v) is 17.6. The fourth-order valence-electron chi connectivity index (χ4n) is 9.81. The van der Waals surface area contributed by atoms with Gasteiger partial charge >= 0.3 is 39.5 Å². The lowest BCUT2D eigenvalue weighted by Gasteiger charge is -2.21. The van der Waals surface area contributed by atoms with Gasteiger partial charge in [-0.05, 0) is 141 Å². The van der Waals surface area contributed by atoms with Gasteiger partial charge < -0.3 is 33.8 Å². The molecule has 0 bridgehead atoms. The molecule has 0 aromatic heterocycles. The van der Waals surface area contributed by atoms with Crippen molar-refractivity contribution >= 4 is 39.5 Å². The van der Waals surface area contributed by atoms with Gasteiger partial charge in [-0.15, -0.1) is 0 Å². The predicted molar refractivity (Wildman–Crippen MR) is 426 cm³/mol. The first kappa shape index (κ1) is 98.4. The summed E-state index contributed by atoms with van der Waals surface area (Å²) in [5.41, 5.74) is 0. The molecule has 0 amide bonds. The van der Waals surface area contributed by atoms with Crippen molar-refractivity contribution in [2.45, 2.75) is 303 Å². The summed E-state index contributed by atoms with van der Waals surface area (Å²) in [5, 5.41) is 10.6. The molecule has 104 heavy (non-hydrogen) atoms. The van der Waals surface area contributed by atoms with E-state index >= 15 is 0 Å². The zero-order valence-corrected chi connectivity index (χ0v) is 66.2. The molecule has 0 fully saturated rings. The number of unbranched alkanes of at least 4 members (excludes halogenated alkanes) is 18. The molecule has 0 saturated carbocycles. The van der Waals surface area contributed by atoms with Gasteiger partial charge in [0.1, 0.15) is 19.3 Å². The Bertz CT molecular complexity index is 2640. The molecule has 0 aliphatic carbocycles. The molecule has 0 aromatic carbocycles. The highest BCUT2D eigenvalue weighted by Gasteiger charge is 2.30. The Labute approximate surface area is 629 Å². The maximum absolute atomic E-state index is 13.1. The van der Waals surface area contributed by atoms with Gasteiger partial charge in [0.05, 0.1) is 26.4 Å². The number of allylic oxidation sites excluding steroid dienone is 28. The fourth-order valence-corrected chi connectivity index (χ4v) is 11.4. The summed E-state index contributed by atoms with van der Waals surface area (Å²) in [5.74, 6) is -2.35. The number of aliphatic hydroxyl groups excluding tert-OH is 1. The van der Waals surface area contributed by atoms with E-state index in [0.717, 1.165) is 141 Å². The Balaban J connectivity index is 5.49. The lowest BCUT2D eigenvalue weighted by Crippen LogP contribution is -2.30. The summed E-state index contributed by atoms with van der Waals surface area (Å²) in [7, 11) is -10.0. The van der Waals surface area contributed by atoms with E-state index in [2.05, 4.69) is 174 Å². The van der Waals surface area contributed by atoms with Crippen molar-refractivity contribution < 1.29 is 80.2 Å². The molecule has 5 unspecified atom stereocenters. The maximum Gasteiger partial charge on any atom is 0.472 e. The average Bonchev–Trinajstić information content (AvgIpc) is 0.910. The Kier molecular flexibility index (Phi) is 71.6. The molecule has 5 atom stereocenters. The van der Waals surface area contributed by atoms with Crippen molar-refractivity contribution in [2.24, 2.45) is 0 Å². The van der Waals surface area contributed by atoms with Gasteiger partial charge in [-0.1, -0.05) is 288 Å². The van der Waals surface area contributed by atoms with Gasteiger partial charge in [0, 0.05) is 25.7 Å². The predicted octanol–water partition coefficient (Wildman–Crippen LogP) is 23.0. The second-order valence-corrected chi connectivity index (χ2v) is 28.4. The second kappa shape index (κ2) is 75.6. The largest absolute Gasteiger partial charge is 0.472 e. The summed E-state index contributed by atoms with van der Waals surface area (Å²) in [6.45, 7) is 4.36. The van der Waals surface area contributed by atoms with Crippen LogP contribution in [-0.2, 0) is 65.4 Å². The Morgan fingerprint density at radius 3 is 0.817 bits per heavy atom. The lowest BCUT2D eigenvalue weighted by atomic mass is 10.0. The van der Waals surface area contributed by atoms with Crippen molar-refractivity contribution in [1.29, 1.82) is 0 Å². The van der Waals surface area contributed by atoms with E-state index in [0.29, 0.717) is 38.5 Å². The first-order valence-electron chi connectivity index (χ1n) is 39.4. The van der Waals surface area contributed by atoms with Crippen molar-refractivity contribution in [3.63, 3.8) is 0 Å². The van der Waals surface area contributed by atoms with E-state index in [9.17, 15) is 43.2 Å². The number of hydrogen-bond acceptors (Lipinski definition) is 15. The van der Waals surface area contributed by atoms with Gasteiger partial charge in [0.25, 0.3) is 0 Å². The third-order valence-electron chi connectivity index (χ3n) is 15.7. The number of esters is 4. The SMILES string of the molecule is CC/C=C\C/C=C\C/C=C\C/C=C\C/C=C\CCCC(=O)OCC(COP(=O)(O)OCC(O)COP(=O)(O)OCC(COC(=O)CCCCCC/C=C\C/C=C\C/C=C\C/C=C\CC)OC(=O)CCCCCCCCCCCCCCC)OC(=O)CCC/C=C\C/C=C\C/C=C\C/C=C\C/C=C\CC. The monoisotopic (exact) mass is 1490 g/mol. The molecule has 17 nitrogen and oxygen atoms in total. The van der Waals surface area contributed by atoms with Gasteiger partial charge in [-0.3, -0.25) is 37.3 Å². The molecule has 0 aliphatic heterocycles. The third kappa shape index (κ3) is 74.7. The summed E-state index contributed by atoms with van der Waals surface area (Å²) >= 11 is 0. The smallest absolute Gasteiger partial charge is 0.462 e. The molecule has 19 heteroatoms. The van der Waals surface area contributed by atoms with E-state index in [1.807, 2.05) is 24.3 Å². The zero-order chi connectivity index (χ0) is 76.0. The van der Waals surface area contributed by atoms with Crippen LogP contribution in [0, 0.1) is 0 Å². The Morgan fingerprint density at radius 2 is 0.510 bits per heavy atom. The van der Waals surface area contributed by atoms with Gasteiger partial charge in [0.15, 0.2) is 12.2 Å². The van der Waals surface area contributed by atoms with Crippen molar-refractivity contribution in [1.82, 2.24) is 0 Å². The summed E-state index contributed by atoms with van der Waals surface area (Å²) in [6, 6.07) is 0. The molecular weight excluding hydrogens is 1350 g/mol. The summed E-state index contributed by atoms with van der Waals surface area (Å²) in [6.07, 6.45) is 89.2. The van der Waals surface area contributed by atoms with Crippen molar-refractivity contribution in [3.8, 4) is 0 Å². The highest BCUT2D eigenvalue weighted by Crippen LogP contribution is 2.45. The number of hydrogen-bond donors (Lipinski definition) is 3. The minimum absolute atomic E-state index is 0.00198. The van der Waals surface area contributed by atoms with Crippen LogP contribution in [-0.4, -0.2) is 96.7 Å². The molecule has 0 aromatic rings. The Hall–Kier alpha value is -5.58. The van der Waals surface area contributed by atoms with Crippen LogP contribution in [0.25, 0.3) is 0 Å². The second-order valence-electron chi connectivity index (χ2n) is 25.5. The normalized spacial score (nSPS) is 14.8. The highest BCUT2D eigenvalue weighted by molar-refractivity contribution is 7.47. The van der Waals surface area contributed by atoms with Crippen molar-refractivity contribution in [2.75, 3.05) is 39.6 Å². The van der Waals surface area contributed by atoms with E-state index in [4.69, 9.17) is 37.0 Å². The molecule has 0 saturated heterocycles. The van der Waals surface area contributed by atoms with Crippen molar-refractivity contribution in [3.05, 3.63) is 170 Å². The first-order chi connectivity index (χ1) is 50.7. The zero-order valence-electron chi connectivity index (χ0n) is 64.4. The Morgan fingerprint density at radius 1 is 0.279 bits per heavy atom. The molecule has 0 radical (unpaired) electrons. The topological polar surface area (TPSA) is 237 Å². The van der Waals surface area contributed by atoms with Crippen LogP contribution in [0.3, 0.4) is 0 Å². The summed E-state index contributed by atoms with van der Waals surface area (Å²) < 4.78 is 68.4. The van der Waals surface area contributed by atoms with E-state index in [1.165, 1.54) is 51.4 Å². The number of phosphoric acid groups is 2. The summed E-state index contributed by atoms with van der Waals surface area (Å²) in [4.78, 5) is 73.0. The van der Waals surface area contributed by atoms with Crippen LogP contribution >= 0.6 is 15.6 Å². The maximum atomic E-state index is 13.1. The molecule has 0 heterocycles. The number of carbonyl (C=O) groups excluding carboxylic acids is 4. The lowest BCUT2D eigenvalue weighted by molar-refractivity contribution is -0.161. The quantitative estimate of drug-likeness (QED) is 0.0169. The van der Waals surface area contributed by atoms with Crippen LogP contribution < -0.4 is 0 Å². The standard InChI is InChI=1S/C85H138O17P2/c1-5-9-13-17-21-25-29-33-36-39-42-46-49-53-57-61-65-69-82(87)95-75-80(101-84(89)71-67-63-59-55-51-45-32-28-24-20-16-12-8-4)77-99-103(91,92)97-73-79(86)74-98-104(93,94)100-78-81(102-85(90)72-68-64-60-56-52-48-44-41-38-35-31-27-23-19-15-11-7-3)76-96-83(88)70-66-62-58-54-50-47-43-40-37-34-30-26-22-18-14-10-6-2/h9-11,13-15,21-23,25-27,33-38,42-44,46-48,54,56,58,60,79-81,86H,5-8,12,16-20,24,28-32,39-41,45,49-53,55,57,59,61-78H2,1-4H3,(H,91,92)(H,93,94)/b13-9-,14-10-,15-11-,25-21-,26-22-,27-23-,36-33-,37-34-,38-35-,46-42-,47-43-,48-44-,58-54-,60-56-. The van der Waals surface area contributed by atoms with Crippen LogP contribution in [0.4, 0.5) is 0 Å². The van der Waals surface area contributed by atoms with E-state index < -0.39 is 97.5 Å². The minimum atomic E-state index is -5.01. The molecule has 0 rings (SSSR count). The molecular formula is C85H138O17P2. The van der Waals surface area contributed by atoms with Crippen LogP contribution in [0.1, 0.15) is 285 Å². The van der Waals surface area contributed by atoms with Gasteiger partial charge in [-0.25, -0.2) is 9.13 Å². The molecule has 0 spiro atoms. The number of ether oxygens (including phenoxy) is 4. The van der Waals surface area contributed by atoms with E-state index in [1.54, 1.807) is 0 Å². The number of carbonyl (C=O) groups is 4.